The topological polar surface area (TPSA) is 48.5 Å². The summed E-state index contributed by atoms with van der Waals surface area (Å²) in [6.07, 6.45) is 0. The summed E-state index contributed by atoms with van der Waals surface area (Å²) in [5, 5.41) is 4.57. The lowest BCUT2D eigenvalue weighted by Crippen LogP contribution is -2.06. The summed E-state index contributed by atoms with van der Waals surface area (Å²) < 4.78 is 4.66. The van der Waals surface area contributed by atoms with Gasteiger partial charge in [-0.3, -0.25) is 4.57 Å². The molecule has 0 radical (unpaired) electrons. The molecule has 0 amide bonds. The third-order valence-electron chi connectivity index (χ3n) is 12.0. The van der Waals surface area contributed by atoms with Crippen LogP contribution in [0.5, 0.6) is 0 Å². The van der Waals surface area contributed by atoms with Crippen molar-refractivity contribution in [2.24, 2.45) is 0 Å². The van der Waals surface area contributed by atoms with Crippen LogP contribution in [-0.4, -0.2) is 24.1 Å². The van der Waals surface area contributed by atoms with E-state index in [-0.39, 0.29) is 0 Å². The number of benzene rings is 9. The molecular formula is C57H37N5. The Balaban J connectivity index is 1.11. The minimum Gasteiger partial charge on any atom is -0.309 e. The van der Waals surface area contributed by atoms with Crippen LogP contribution in [0.1, 0.15) is 0 Å². The number of para-hydroxylation sites is 2. The predicted octanol–water partition coefficient (Wildman–Crippen LogP) is 14.4. The molecule has 12 rings (SSSR count). The Morgan fingerprint density at radius 3 is 1.24 bits per heavy atom. The Hall–Kier alpha value is -8.41. The number of hydrogen-bond acceptors (Lipinski definition) is 3. The van der Waals surface area contributed by atoms with Crippen LogP contribution in [0.3, 0.4) is 0 Å². The fourth-order valence-electron chi connectivity index (χ4n) is 9.05. The molecule has 0 spiro atoms. The first-order valence-corrected chi connectivity index (χ1v) is 20.9. The second-order valence-electron chi connectivity index (χ2n) is 15.6. The SMILES string of the molecule is c1ccc(-c2ccc(-c3nc(-c4ccccc4)nc(-n4c5ccccc5c5cc6c(cc54)c4ccccc4n6-c4ccc(-c5ccccc5)cc4-c4ccccc4)n3)cc2)cc1. The lowest BCUT2D eigenvalue weighted by Gasteiger charge is -2.16. The molecule has 0 N–H and O–H groups in total. The van der Waals surface area contributed by atoms with Crippen LogP contribution in [0.2, 0.25) is 0 Å². The maximum Gasteiger partial charge on any atom is 0.238 e. The predicted molar refractivity (Wildman–Crippen MR) is 256 cm³/mol. The molecule has 0 atom stereocenters. The molecule has 5 heteroatoms. The second-order valence-corrected chi connectivity index (χ2v) is 15.6. The van der Waals surface area contributed by atoms with E-state index in [1.54, 1.807) is 0 Å². The standard InChI is InChI=1S/C57H37N5/c1-5-17-38(18-6-1)40-29-31-43(32-30-40)56-58-55(42-23-11-4-12-24-42)59-57(60-56)62-51-28-16-14-26-46(51)49-36-53-48(37-54(49)62)45-25-13-15-27-50(45)61(53)52-34-33-44(39-19-7-2-8-20-39)35-47(52)41-21-9-3-10-22-41/h1-37H. The van der Waals surface area contributed by atoms with E-state index in [0.717, 1.165) is 60.6 Å². The van der Waals surface area contributed by atoms with E-state index >= 15 is 0 Å². The van der Waals surface area contributed by atoms with Gasteiger partial charge >= 0.3 is 0 Å². The molecule has 62 heavy (non-hydrogen) atoms. The van der Waals surface area contributed by atoms with Gasteiger partial charge in [0.1, 0.15) is 0 Å². The van der Waals surface area contributed by atoms with Crippen LogP contribution in [0, 0.1) is 0 Å². The van der Waals surface area contributed by atoms with E-state index in [9.17, 15) is 0 Å². The van der Waals surface area contributed by atoms with E-state index in [1.807, 2.05) is 24.3 Å². The van der Waals surface area contributed by atoms with Crippen molar-refractivity contribution in [2.45, 2.75) is 0 Å². The normalized spacial score (nSPS) is 11.5. The molecule has 9 aromatic carbocycles. The third kappa shape index (κ3) is 5.98. The van der Waals surface area contributed by atoms with Crippen LogP contribution >= 0.6 is 0 Å². The Bertz CT molecular complexity index is 3590. The molecule has 0 aliphatic carbocycles. The van der Waals surface area contributed by atoms with Crippen molar-refractivity contribution < 1.29 is 0 Å². The quantitative estimate of drug-likeness (QED) is 0.162. The molecule has 0 saturated carbocycles. The average Bonchev–Trinajstić information content (AvgIpc) is 3.86. The summed E-state index contributed by atoms with van der Waals surface area (Å²) in [7, 11) is 0. The first-order chi connectivity index (χ1) is 30.7. The highest BCUT2D eigenvalue weighted by atomic mass is 15.2. The van der Waals surface area contributed by atoms with Crippen LogP contribution in [0.4, 0.5) is 0 Å². The van der Waals surface area contributed by atoms with Crippen LogP contribution in [-0.2, 0) is 0 Å². The lowest BCUT2D eigenvalue weighted by atomic mass is 9.97. The highest BCUT2D eigenvalue weighted by Crippen LogP contribution is 2.42. The van der Waals surface area contributed by atoms with Gasteiger partial charge in [0.15, 0.2) is 11.6 Å². The Labute approximate surface area is 358 Å². The van der Waals surface area contributed by atoms with Gasteiger partial charge in [0, 0.05) is 38.2 Å². The minimum atomic E-state index is 0.568. The van der Waals surface area contributed by atoms with Crippen LogP contribution < -0.4 is 0 Å². The van der Waals surface area contributed by atoms with Crippen molar-refractivity contribution in [3.63, 3.8) is 0 Å². The molecule has 0 unspecified atom stereocenters. The summed E-state index contributed by atoms with van der Waals surface area (Å²) in [6.45, 7) is 0. The number of hydrogen-bond donors (Lipinski definition) is 0. The maximum atomic E-state index is 5.28. The summed E-state index contributed by atoms with van der Waals surface area (Å²) in [5.74, 6) is 1.80. The van der Waals surface area contributed by atoms with Gasteiger partial charge in [-0.2, -0.15) is 9.97 Å². The zero-order valence-electron chi connectivity index (χ0n) is 33.6. The third-order valence-corrected chi connectivity index (χ3v) is 12.0. The molecule has 3 heterocycles. The van der Waals surface area contributed by atoms with Crippen LogP contribution in [0.15, 0.2) is 224 Å². The number of aromatic nitrogens is 5. The molecule has 5 nitrogen and oxygen atoms in total. The lowest BCUT2D eigenvalue weighted by molar-refractivity contribution is 0.954. The summed E-state index contributed by atoms with van der Waals surface area (Å²) in [5.41, 5.74) is 14.3. The van der Waals surface area contributed by atoms with Crippen LogP contribution in [0.25, 0.3) is 111 Å². The summed E-state index contributed by atoms with van der Waals surface area (Å²) >= 11 is 0. The van der Waals surface area contributed by atoms with Crippen molar-refractivity contribution in [2.75, 3.05) is 0 Å². The van der Waals surface area contributed by atoms with Crippen molar-refractivity contribution in [1.29, 1.82) is 0 Å². The van der Waals surface area contributed by atoms with Gasteiger partial charge in [-0.1, -0.05) is 188 Å². The average molecular weight is 792 g/mol. The van der Waals surface area contributed by atoms with Gasteiger partial charge in [0.2, 0.25) is 5.95 Å². The number of fused-ring (bicyclic) bond motifs is 6. The largest absolute Gasteiger partial charge is 0.309 e. The molecule has 0 aliphatic heterocycles. The van der Waals surface area contributed by atoms with Crippen molar-refractivity contribution in [3.8, 4) is 67.8 Å². The molecular weight excluding hydrogens is 755 g/mol. The van der Waals surface area contributed by atoms with E-state index in [4.69, 9.17) is 15.0 Å². The van der Waals surface area contributed by atoms with Gasteiger partial charge in [0.25, 0.3) is 0 Å². The maximum absolute atomic E-state index is 5.28. The zero-order valence-corrected chi connectivity index (χ0v) is 33.6. The molecule has 290 valence electrons. The van der Waals surface area contributed by atoms with Gasteiger partial charge in [-0.05, 0) is 64.2 Å². The first-order valence-electron chi connectivity index (χ1n) is 20.9. The molecule has 3 aromatic heterocycles. The molecule has 0 aliphatic rings. The smallest absolute Gasteiger partial charge is 0.238 e. The fraction of sp³-hybridized carbons (Fsp3) is 0. The van der Waals surface area contributed by atoms with Gasteiger partial charge < -0.3 is 4.57 Å². The van der Waals surface area contributed by atoms with Gasteiger partial charge in [0.05, 0.1) is 27.8 Å². The summed E-state index contributed by atoms with van der Waals surface area (Å²) in [6, 6.07) is 79.4. The van der Waals surface area contributed by atoms with Crippen molar-refractivity contribution >= 4 is 43.6 Å². The highest BCUT2D eigenvalue weighted by Gasteiger charge is 2.22. The van der Waals surface area contributed by atoms with E-state index in [2.05, 4.69) is 209 Å². The molecule has 12 aromatic rings. The van der Waals surface area contributed by atoms with E-state index in [0.29, 0.717) is 17.6 Å². The number of nitrogens with zero attached hydrogens (tertiary/aromatic N) is 5. The zero-order chi connectivity index (χ0) is 41.0. The first kappa shape index (κ1) is 35.5. The van der Waals surface area contributed by atoms with Gasteiger partial charge in [-0.15, -0.1) is 0 Å². The fourth-order valence-corrected chi connectivity index (χ4v) is 9.05. The van der Waals surface area contributed by atoms with E-state index in [1.165, 1.54) is 33.2 Å². The second kappa shape index (κ2) is 14.7. The monoisotopic (exact) mass is 791 g/mol. The minimum absolute atomic E-state index is 0.568. The Kier molecular flexibility index (Phi) is 8.42. The molecule has 0 bridgehead atoms. The molecule has 0 fully saturated rings. The Morgan fingerprint density at radius 1 is 0.258 bits per heavy atom. The van der Waals surface area contributed by atoms with Gasteiger partial charge in [-0.25, -0.2) is 4.98 Å². The summed E-state index contributed by atoms with van der Waals surface area (Å²) in [4.78, 5) is 15.6. The van der Waals surface area contributed by atoms with Crippen molar-refractivity contribution in [1.82, 2.24) is 24.1 Å². The number of rotatable bonds is 7. The van der Waals surface area contributed by atoms with E-state index < -0.39 is 0 Å². The molecule has 0 saturated heterocycles. The van der Waals surface area contributed by atoms with Crippen molar-refractivity contribution in [3.05, 3.63) is 224 Å². The Morgan fingerprint density at radius 2 is 0.661 bits per heavy atom. The highest BCUT2D eigenvalue weighted by molar-refractivity contribution is 6.19.